The zero-order chi connectivity index (χ0) is 14.9. The van der Waals surface area contributed by atoms with Crippen LogP contribution in [0.3, 0.4) is 0 Å². The normalized spacial score (nSPS) is 36.2. The predicted octanol–water partition coefficient (Wildman–Crippen LogP) is 3.60. The summed E-state index contributed by atoms with van der Waals surface area (Å²) >= 11 is 0. The Hall–Kier alpha value is -0.930. The summed E-state index contributed by atoms with van der Waals surface area (Å²) in [7, 11) is 0. The summed E-state index contributed by atoms with van der Waals surface area (Å²) in [6.45, 7) is 2.99. The topological polar surface area (TPSA) is 32.3 Å². The van der Waals surface area contributed by atoms with Gasteiger partial charge in [0.05, 0.1) is 5.60 Å². The van der Waals surface area contributed by atoms with Gasteiger partial charge in [0.25, 0.3) is 0 Å². The standard InChI is InChI=1S/C18H26FNO/c1-13-6-8-18(21,9-7-13)12-20-17-10-15(11-17)14-2-4-16(19)5-3-14/h2-5,13,15,17,20-21H,6-12H2,1H3. The summed E-state index contributed by atoms with van der Waals surface area (Å²) in [5.74, 6) is 1.14. The second-order valence-electron chi connectivity index (χ2n) is 7.20. The number of halogens is 1. The molecule has 3 rings (SSSR count). The molecule has 2 aliphatic rings. The van der Waals surface area contributed by atoms with Crippen LogP contribution in [0.2, 0.25) is 0 Å². The predicted molar refractivity (Wildman–Crippen MR) is 82.7 cm³/mol. The van der Waals surface area contributed by atoms with E-state index in [1.165, 1.54) is 5.56 Å². The van der Waals surface area contributed by atoms with Crippen molar-refractivity contribution in [2.75, 3.05) is 6.54 Å². The third kappa shape index (κ3) is 3.64. The maximum Gasteiger partial charge on any atom is 0.123 e. The smallest absolute Gasteiger partial charge is 0.123 e. The van der Waals surface area contributed by atoms with Gasteiger partial charge in [0.2, 0.25) is 0 Å². The molecule has 0 amide bonds. The second-order valence-corrected chi connectivity index (χ2v) is 7.20. The van der Waals surface area contributed by atoms with Crippen LogP contribution in [0.5, 0.6) is 0 Å². The van der Waals surface area contributed by atoms with E-state index in [0.717, 1.165) is 51.0 Å². The van der Waals surface area contributed by atoms with E-state index in [0.29, 0.717) is 12.0 Å². The molecule has 0 aromatic heterocycles. The lowest BCUT2D eigenvalue weighted by Gasteiger charge is -2.41. The first kappa shape index (κ1) is 15.0. The summed E-state index contributed by atoms with van der Waals surface area (Å²) in [6.07, 6.45) is 6.32. The van der Waals surface area contributed by atoms with Gasteiger partial charge in [0, 0.05) is 12.6 Å². The zero-order valence-electron chi connectivity index (χ0n) is 12.8. The highest BCUT2D eigenvalue weighted by molar-refractivity contribution is 5.23. The van der Waals surface area contributed by atoms with Gasteiger partial charge in [-0.15, -0.1) is 0 Å². The van der Waals surface area contributed by atoms with E-state index in [1.807, 2.05) is 12.1 Å². The van der Waals surface area contributed by atoms with Crippen LogP contribution >= 0.6 is 0 Å². The summed E-state index contributed by atoms with van der Waals surface area (Å²) in [4.78, 5) is 0. The molecule has 116 valence electrons. The molecule has 0 spiro atoms. The Morgan fingerprint density at radius 2 is 1.81 bits per heavy atom. The average Bonchev–Trinajstić information content (AvgIpc) is 2.43. The van der Waals surface area contributed by atoms with Crippen molar-refractivity contribution < 1.29 is 9.50 Å². The lowest BCUT2D eigenvalue weighted by Crippen LogP contribution is -2.49. The number of rotatable bonds is 4. The number of benzene rings is 1. The molecule has 2 fully saturated rings. The molecule has 0 saturated heterocycles. The van der Waals surface area contributed by atoms with Crippen LogP contribution in [0, 0.1) is 11.7 Å². The first-order valence-corrected chi connectivity index (χ1v) is 8.25. The van der Waals surface area contributed by atoms with Crippen molar-refractivity contribution >= 4 is 0 Å². The lowest BCUT2D eigenvalue weighted by atomic mass is 9.75. The Bertz CT molecular complexity index is 459. The van der Waals surface area contributed by atoms with Gasteiger partial charge in [-0.25, -0.2) is 4.39 Å². The van der Waals surface area contributed by atoms with E-state index in [4.69, 9.17) is 0 Å². The van der Waals surface area contributed by atoms with E-state index in [9.17, 15) is 9.50 Å². The summed E-state index contributed by atoms with van der Waals surface area (Å²) < 4.78 is 12.9. The first-order chi connectivity index (χ1) is 10.0. The molecule has 0 atom stereocenters. The molecule has 2 N–H and O–H groups in total. The lowest BCUT2D eigenvalue weighted by molar-refractivity contribution is -0.0108. The Morgan fingerprint density at radius 1 is 1.19 bits per heavy atom. The van der Waals surface area contributed by atoms with Crippen LogP contribution in [0.1, 0.15) is 56.9 Å². The van der Waals surface area contributed by atoms with Gasteiger partial charge in [0.1, 0.15) is 5.82 Å². The summed E-state index contributed by atoms with van der Waals surface area (Å²) in [5.41, 5.74) is 0.743. The largest absolute Gasteiger partial charge is 0.389 e. The van der Waals surface area contributed by atoms with Crippen LogP contribution in [0.4, 0.5) is 4.39 Å². The number of aliphatic hydroxyl groups is 1. The van der Waals surface area contributed by atoms with Crippen molar-refractivity contribution in [3.8, 4) is 0 Å². The van der Waals surface area contributed by atoms with Gasteiger partial charge in [-0.2, -0.15) is 0 Å². The van der Waals surface area contributed by atoms with Crippen molar-refractivity contribution in [2.45, 2.75) is 63.0 Å². The highest BCUT2D eigenvalue weighted by Crippen LogP contribution is 2.38. The van der Waals surface area contributed by atoms with Gasteiger partial charge < -0.3 is 10.4 Å². The zero-order valence-corrected chi connectivity index (χ0v) is 12.8. The molecule has 0 aliphatic heterocycles. The fraction of sp³-hybridized carbons (Fsp3) is 0.667. The Labute approximate surface area is 126 Å². The van der Waals surface area contributed by atoms with E-state index in [2.05, 4.69) is 12.2 Å². The highest BCUT2D eigenvalue weighted by Gasteiger charge is 2.35. The van der Waals surface area contributed by atoms with Gasteiger partial charge in [-0.1, -0.05) is 19.1 Å². The third-order valence-electron chi connectivity index (χ3n) is 5.40. The Kier molecular flexibility index (Phi) is 4.32. The summed E-state index contributed by atoms with van der Waals surface area (Å²) in [5, 5.41) is 14.1. The molecule has 0 unspecified atom stereocenters. The van der Waals surface area contributed by atoms with Gasteiger partial charge >= 0.3 is 0 Å². The molecule has 2 saturated carbocycles. The van der Waals surface area contributed by atoms with E-state index in [-0.39, 0.29) is 5.82 Å². The number of hydrogen-bond acceptors (Lipinski definition) is 2. The molecule has 1 aromatic rings. The van der Waals surface area contributed by atoms with Crippen LogP contribution < -0.4 is 5.32 Å². The molecule has 0 bridgehead atoms. The van der Waals surface area contributed by atoms with Crippen LogP contribution in [-0.4, -0.2) is 23.3 Å². The molecule has 21 heavy (non-hydrogen) atoms. The van der Waals surface area contributed by atoms with Gasteiger partial charge in [-0.3, -0.25) is 0 Å². The van der Waals surface area contributed by atoms with Crippen molar-refractivity contribution in [1.29, 1.82) is 0 Å². The van der Waals surface area contributed by atoms with Gasteiger partial charge in [-0.05, 0) is 68.1 Å². The Morgan fingerprint density at radius 3 is 2.43 bits per heavy atom. The van der Waals surface area contributed by atoms with Crippen molar-refractivity contribution in [1.82, 2.24) is 5.32 Å². The second kappa shape index (κ2) is 6.05. The highest BCUT2D eigenvalue weighted by atomic mass is 19.1. The molecule has 0 radical (unpaired) electrons. The molecule has 0 heterocycles. The minimum atomic E-state index is -0.493. The van der Waals surface area contributed by atoms with Crippen LogP contribution in [0.15, 0.2) is 24.3 Å². The third-order valence-corrected chi connectivity index (χ3v) is 5.40. The van der Waals surface area contributed by atoms with E-state index < -0.39 is 5.60 Å². The Balaban J connectivity index is 1.42. The quantitative estimate of drug-likeness (QED) is 0.888. The molecule has 3 heteroatoms. The maximum absolute atomic E-state index is 12.9. The van der Waals surface area contributed by atoms with Crippen LogP contribution in [-0.2, 0) is 0 Å². The fourth-order valence-corrected chi connectivity index (χ4v) is 3.60. The molecule has 1 aromatic carbocycles. The molecule has 2 aliphatic carbocycles. The minimum absolute atomic E-state index is 0.165. The SMILES string of the molecule is CC1CCC(O)(CNC2CC(c3ccc(F)cc3)C2)CC1. The molecule has 2 nitrogen and oxygen atoms in total. The fourth-order valence-electron chi connectivity index (χ4n) is 3.60. The van der Waals surface area contributed by atoms with Gasteiger partial charge in [0.15, 0.2) is 0 Å². The van der Waals surface area contributed by atoms with Crippen molar-refractivity contribution in [3.05, 3.63) is 35.6 Å². The first-order valence-electron chi connectivity index (χ1n) is 8.25. The van der Waals surface area contributed by atoms with Crippen LogP contribution in [0.25, 0.3) is 0 Å². The van der Waals surface area contributed by atoms with Crippen molar-refractivity contribution in [3.63, 3.8) is 0 Å². The monoisotopic (exact) mass is 291 g/mol. The molecular weight excluding hydrogens is 265 g/mol. The minimum Gasteiger partial charge on any atom is -0.389 e. The van der Waals surface area contributed by atoms with Crippen molar-refractivity contribution in [2.24, 2.45) is 5.92 Å². The van der Waals surface area contributed by atoms with E-state index in [1.54, 1.807) is 12.1 Å². The van der Waals surface area contributed by atoms with E-state index >= 15 is 0 Å². The average molecular weight is 291 g/mol. The maximum atomic E-state index is 12.9. The number of nitrogens with one attached hydrogen (secondary N) is 1. The molecular formula is C18H26FNO. The number of hydrogen-bond donors (Lipinski definition) is 2. The summed E-state index contributed by atoms with van der Waals surface area (Å²) in [6, 6.07) is 7.38.